The van der Waals surface area contributed by atoms with Crippen molar-refractivity contribution in [1.29, 1.82) is 0 Å². The maximum Gasteiger partial charge on any atom is 0.333 e. The van der Waals surface area contributed by atoms with Crippen LogP contribution in [0.2, 0.25) is 0 Å². The Morgan fingerprint density at radius 2 is 2.13 bits per heavy atom. The standard InChI is InChI=1S/C15H23N4O4/c1-10(23-11(2)20)7-5-6-8-19-14(21)12-13(16-9-17(12)3)18(4)15(19)22/h9-10,12H,5-8H2,1-4H3/q+1. The number of carbonyl (C=O) groups excluding carboxylic acids is 3. The minimum absolute atomic E-state index is 0.155. The van der Waals surface area contributed by atoms with Crippen LogP contribution in [-0.4, -0.2) is 77.2 Å². The van der Waals surface area contributed by atoms with E-state index in [1.54, 1.807) is 25.0 Å². The quantitative estimate of drug-likeness (QED) is 0.404. The SMILES string of the molecule is CC(=O)OC(C)CCCCN1C(=O)C2C(=NC=[N+]2C)N(C)C1=O. The minimum atomic E-state index is -0.516. The molecule has 0 spiro atoms. The Labute approximate surface area is 135 Å². The normalized spacial score (nSPS) is 21.8. The van der Waals surface area contributed by atoms with Crippen molar-refractivity contribution in [1.82, 2.24) is 9.80 Å². The van der Waals surface area contributed by atoms with Crippen LogP contribution in [0.1, 0.15) is 33.1 Å². The molecule has 2 aliphatic rings. The fourth-order valence-electron chi connectivity index (χ4n) is 2.80. The van der Waals surface area contributed by atoms with Crippen molar-refractivity contribution < 1.29 is 23.7 Å². The molecule has 0 N–H and O–H groups in total. The number of carbonyl (C=O) groups is 3. The molecule has 0 bridgehead atoms. The van der Waals surface area contributed by atoms with E-state index in [2.05, 4.69) is 4.99 Å². The zero-order chi connectivity index (χ0) is 17.1. The van der Waals surface area contributed by atoms with Gasteiger partial charge in [0.2, 0.25) is 0 Å². The largest absolute Gasteiger partial charge is 0.463 e. The molecule has 2 heterocycles. The van der Waals surface area contributed by atoms with Crippen LogP contribution in [0.3, 0.4) is 0 Å². The van der Waals surface area contributed by atoms with Gasteiger partial charge in [-0.15, -0.1) is 0 Å². The van der Waals surface area contributed by atoms with Gasteiger partial charge in [-0.2, -0.15) is 0 Å². The summed E-state index contributed by atoms with van der Waals surface area (Å²) in [5, 5.41) is 0. The Kier molecular flexibility index (Phi) is 5.12. The van der Waals surface area contributed by atoms with E-state index in [4.69, 9.17) is 4.74 Å². The van der Waals surface area contributed by atoms with Gasteiger partial charge in [0.25, 0.3) is 24.1 Å². The lowest BCUT2D eigenvalue weighted by Crippen LogP contribution is -2.62. The molecule has 3 amide bonds. The fourth-order valence-corrected chi connectivity index (χ4v) is 2.80. The number of ether oxygens (including phenoxy) is 1. The molecule has 23 heavy (non-hydrogen) atoms. The number of urea groups is 1. The van der Waals surface area contributed by atoms with Gasteiger partial charge in [-0.05, 0) is 31.2 Å². The molecule has 2 rings (SSSR count). The number of fused-ring (bicyclic) bond motifs is 1. The van der Waals surface area contributed by atoms with Crippen LogP contribution < -0.4 is 0 Å². The fraction of sp³-hybridized carbons (Fsp3) is 0.667. The first-order valence-electron chi connectivity index (χ1n) is 7.72. The molecule has 2 unspecified atom stereocenters. The van der Waals surface area contributed by atoms with E-state index in [9.17, 15) is 14.4 Å². The highest BCUT2D eigenvalue weighted by molar-refractivity contribution is 6.21. The topological polar surface area (TPSA) is 82.3 Å². The van der Waals surface area contributed by atoms with Crippen molar-refractivity contribution in [3.8, 4) is 0 Å². The number of nitrogens with zero attached hydrogens (tertiary/aromatic N) is 4. The second-order valence-electron chi connectivity index (χ2n) is 5.92. The Morgan fingerprint density at radius 3 is 2.78 bits per heavy atom. The second-order valence-corrected chi connectivity index (χ2v) is 5.92. The molecule has 0 aromatic carbocycles. The predicted octanol–water partition coefficient (Wildman–Crippen LogP) is 0.454. The molecule has 1 fully saturated rings. The summed E-state index contributed by atoms with van der Waals surface area (Å²) >= 11 is 0. The van der Waals surface area contributed by atoms with Gasteiger partial charge < -0.3 is 4.74 Å². The molecule has 8 nitrogen and oxygen atoms in total. The minimum Gasteiger partial charge on any atom is -0.463 e. The van der Waals surface area contributed by atoms with E-state index >= 15 is 0 Å². The van der Waals surface area contributed by atoms with Gasteiger partial charge in [-0.25, -0.2) is 9.37 Å². The third-order valence-corrected chi connectivity index (χ3v) is 3.99. The molecule has 0 saturated carbocycles. The first kappa shape index (κ1) is 17.1. The number of aliphatic imine (C=N–C) groups is 1. The highest BCUT2D eigenvalue weighted by atomic mass is 16.5. The number of amidine groups is 1. The number of imide groups is 1. The molecule has 1 saturated heterocycles. The van der Waals surface area contributed by atoms with Gasteiger partial charge in [-0.1, -0.05) is 0 Å². The molecule has 8 heteroatoms. The molecular formula is C15H23N4O4+. The number of hydrogen-bond donors (Lipinski definition) is 0. The highest BCUT2D eigenvalue weighted by Gasteiger charge is 2.50. The van der Waals surface area contributed by atoms with Crippen LogP contribution in [-0.2, 0) is 14.3 Å². The van der Waals surface area contributed by atoms with Crippen LogP contribution in [0.5, 0.6) is 0 Å². The van der Waals surface area contributed by atoms with Crippen molar-refractivity contribution in [2.45, 2.75) is 45.3 Å². The molecule has 0 aromatic rings. The average molecular weight is 323 g/mol. The van der Waals surface area contributed by atoms with Gasteiger partial charge in [0, 0.05) is 20.5 Å². The van der Waals surface area contributed by atoms with Crippen molar-refractivity contribution in [2.75, 3.05) is 20.6 Å². The zero-order valence-corrected chi connectivity index (χ0v) is 14.0. The lowest BCUT2D eigenvalue weighted by molar-refractivity contribution is -0.500. The summed E-state index contributed by atoms with van der Waals surface area (Å²) in [6, 6.07) is -0.862. The molecular weight excluding hydrogens is 300 g/mol. The number of amides is 3. The van der Waals surface area contributed by atoms with Crippen molar-refractivity contribution in [3.63, 3.8) is 0 Å². The smallest absolute Gasteiger partial charge is 0.333 e. The van der Waals surface area contributed by atoms with Gasteiger partial charge in [0.1, 0.15) is 0 Å². The van der Waals surface area contributed by atoms with Crippen LogP contribution in [0.25, 0.3) is 0 Å². The number of hydrogen-bond acceptors (Lipinski definition) is 5. The summed E-state index contributed by atoms with van der Waals surface area (Å²) in [5.74, 6) is -0.0637. The van der Waals surface area contributed by atoms with Gasteiger partial charge in [-0.3, -0.25) is 19.4 Å². The summed E-state index contributed by atoms with van der Waals surface area (Å²) in [6.07, 6.45) is 3.55. The van der Waals surface area contributed by atoms with Gasteiger partial charge >= 0.3 is 12.0 Å². The van der Waals surface area contributed by atoms with Crippen LogP contribution in [0.4, 0.5) is 4.79 Å². The van der Waals surface area contributed by atoms with Gasteiger partial charge in [0.15, 0.2) is 0 Å². The van der Waals surface area contributed by atoms with Crippen molar-refractivity contribution >= 4 is 30.1 Å². The monoisotopic (exact) mass is 323 g/mol. The summed E-state index contributed by atoms with van der Waals surface area (Å²) in [5.41, 5.74) is 0. The average Bonchev–Trinajstić information content (AvgIpc) is 2.85. The van der Waals surface area contributed by atoms with E-state index in [0.717, 1.165) is 6.42 Å². The summed E-state index contributed by atoms with van der Waals surface area (Å²) in [7, 11) is 3.39. The van der Waals surface area contributed by atoms with Crippen LogP contribution >= 0.6 is 0 Å². The van der Waals surface area contributed by atoms with Crippen LogP contribution in [0.15, 0.2) is 4.99 Å². The lowest BCUT2D eigenvalue weighted by Gasteiger charge is -2.32. The molecule has 0 radical (unpaired) electrons. The third kappa shape index (κ3) is 3.57. The van der Waals surface area contributed by atoms with Crippen molar-refractivity contribution in [3.05, 3.63) is 0 Å². The summed E-state index contributed by atoms with van der Waals surface area (Å²) < 4.78 is 6.76. The van der Waals surface area contributed by atoms with E-state index in [-0.39, 0.29) is 24.0 Å². The maximum absolute atomic E-state index is 12.5. The van der Waals surface area contributed by atoms with E-state index in [0.29, 0.717) is 25.2 Å². The molecule has 126 valence electrons. The number of rotatable bonds is 6. The van der Waals surface area contributed by atoms with E-state index in [1.165, 1.54) is 16.7 Å². The second kappa shape index (κ2) is 6.89. The number of unbranched alkanes of at least 4 members (excludes halogenated alkanes) is 1. The predicted molar refractivity (Wildman–Crippen MR) is 83.4 cm³/mol. The number of likely N-dealkylation sites (N-methyl/N-ethyl adjacent to an activating group) is 2. The molecule has 0 aliphatic carbocycles. The molecule has 2 aliphatic heterocycles. The molecule has 2 atom stereocenters. The van der Waals surface area contributed by atoms with Gasteiger partial charge in [0.05, 0.1) is 13.2 Å². The number of esters is 1. The maximum atomic E-state index is 12.5. The van der Waals surface area contributed by atoms with Crippen molar-refractivity contribution in [2.24, 2.45) is 4.99 Å². The first-order valence-corrected chi connectivity index (χ1v) is 7.72. The summed E-state index contributed by atoms with van der Waals surface area (Å²) in [4.78, 5) is 42.5. The Bertz CT molecular complexity index is 584. The molecule has 0 aromatic heterocycles. The summed E-state index contributed by atoms with van der Waals surface area (Å²) in [6.45, 7) is 3.57. The zero-order valence-electron chi connectivity index (χ0n) is 14.0. The Hall–Kier alpha value is -2.25. The van der Waals surface area contributed by atoms with E-state index in [1.807, 2.05) is 6.92 Å². The first-order chi connectivity index (χ1) is 10.8. The Balaban J connectivity index is 1.88. The highest BCUT2D eigenvalue weighted by Crippen LogP contribution is 2.18. The Morgan fingerprint density at radius 1 is 1.43 bits per heavy atom. The third-order valence-electron chi connectivity index (χ3n) is 3.99. The van der Waals surface area contributed by atoms with Crippen LogP contribution in [0, 0.1) is 0 Å². The van der Waals surface area contributed by atoms with E-state index < -0.39 is 6.04 Å². The lowest BCUT2D eigenvalue weighted by atomic mass is 10.1.